The Morgan fingerprint density at radius 3 is 2.31 bits per heavy atom. The summed E-state index contributed by atoms with van der Waals surface area (Å²) < 4.78 is 81.2. The van der Waals surface area contributed by atoms with E-state index in [0.717, 1.165) is 17.8 Å². The zero-order valence-corrected chi connectivity index (χ0v) is 14.3. The van der Waals surface area contributed by atoms with Crippen LogP contribution < -0.4 is 5.32 Å². The molecule has 0 aliphatic heterocycles. The molecular formula is C14H8BrF6N5. The van der Waals surface area contributed by atoms with Crippen LogP contribution in [0.15, 0.2) is 23.1 Å². The molecule has 2 aromatic heterocycles. The maximum Gasteiger partial charge on any atom is 0.408 e. The molecule has 1 atom stereocenters. The van der Waals surface area contributed by atoms with Gasteiger partial charge in [-0.05, 0) is 22.9 Å². The van der Waals surface area contributed by atoms with Gasteiger partial charge in [0.15, 0.2) is 0 Å². The van der Waals surface area contributed by atoms with Crippen LogP contribution in [0.3, 0.4) is 0 Å². The molecule has 0 aliphatic carbocycles. The Hall–Kier alpha value is -2.37. The van der Waals surface area contributed by atoms with Crippen LogP contribution in [0.1, 0.15) is 6.92 Å². The largest absolute Gasteiger partial charge is 0.408 e. The van der Waals surface area contributed by atoms with Crippen molar-refractivity contribution in [3.8, 4) is 11.1 Å². The van der Waals surface area contributed by atoms with Gasteiger partial charge in [-0.15, -0.1) is 0 Å². The third kappa shape index (κ3) is 3.20. The highest BCUT2D eigenvalue weighted by Gasteiger charge is 2.37. The summed E-state index contributed by atoms with van der Waals surface area (Å²) in [6.45, 7) is 0.818. The van der Waals surface area contributed by atoms with Gasteiger partial charge in [0, 0.05) is 12.1 Å². The number of benzene rings is 1. The fourth-order valence-electron chi connectivity index (χ4n) is 2.24. The second-order valence-electron chi connectivity index (χ2n) is 5.25. The molecule has 0 unspecified atom stereocenters. The van der Waals surface area contributed by atoms with Gasteiger partial charge < -0.3 is 5.32 Å². The summed E-state index contributed by atoms with van der Waals surface area (Å²) in [5.41, 5.74) is -1.16. The fraction of sp³-hybridized carbons (Fsp3) is 0.214. The summed E-state index contributed by atoms with van der Waals surface area (Å²) in [5.74, 6) is -4.32. The zero-order chi connectivity index (χ0) is 19.2. The minimum atomic E-state index is -4.65. The van der Waals surface area contributed by atoms with Gasteiger partial charge in [-0.25, -0.2) is 18.2 Å². The van der Waals surface area contributed by atoms with Gasteiger partial charge in [-0.2, -0.15) is 27.8 Å². The smallest absolute Gasteiger partial charge is 0.358 e. The normalized spacial score (nSPS) is 13.2. The van der Waals surface area contributed by atoms with E-state index in [1.54, 1.807) is 0 Å². The second kappa shape index (κ2) is 6.41. The van der Waals surface area contributed by atoms with Crippen LogP contribution in [0.5, 0.6) is 0 Å². The molecule has 1 aromatic carbocycles. The summed E-state index contributed by atoms with van der Waals surface area (Å²) in [6, 6.07) is -1.27. The molecule has 0 saturated carbocycles. The van der Waals surface area contributed by atoms with E-state index < -0.39 is 46.6 Å². The minimum Gasteiger partial charge on any atom is -0.358 e. The van der Waals surface area contributed by atoms with Gasteiger partial charge in [0.1, 0.15) is 40.2 Å². The highest BCUT2D eigenvalue weighted by atomic mass is 79.9. The van der Waals surface area contributed by atoms with Crippen LogP contribution in [0.25, 0.3) is 16.9 Å². The van der Waals surface area contributed by atoms with Crippen LogP contribution in [-0.4, -0.2) is 31.8 Å². The number of alkyl halides is 3. The Labute approximate surface area is 150 Å². The molecule has 26 heavy (non-hydrogen) atoms. The number of nitrogens with one attached hydrogen (secondary N) is 1. The molecule has 0 spiro atoms. The van der Waals surface area contributed by atoms with Crippen LogP contribution in [-0.2, 0) is 0 Å². The molecule has 1 N–H and O–H groups in total. The molecule has 3 rings (SSSR count). The molecule has 0 aliphatic rings. The number of fused-ring (bicyclic) bond motifs is 1. The van der Waals surface area contributed by atoms with E-state index in [1.165, 1.54) is 0 Å². The van der Waals surface area contributed by atoms with E-state index in [9.17, 15) is 26.3 Å². The molecule has 0 bridgehead atoms. The number of hydrogen-bond donors (Lipinski definition) is 1. The van der Waals surface area contributed by atoms with Gasteiger partial charge in [0.25, 0.3) is 5.78 Å². The van der Waals surface area contributed by atoms with Crippen molar-refractivity contribution in [3.05, 3.63) is 40.5 Å². The third-order valence-corrected chi connectivity index (χ3v) is 4.06. The maximum atomic E-state index is 14.2. The van der Waals surface area contributed by atoms with Crippen molar-refractivity contribution in [1.82, 2.24) is 19.6 Å². The van der Waals surface area contributed by atoms with E-state index in [-0.39, 0.29) is 10.4 Å². The predicted molar refractivity (Wildman–Crippen MR) is 82.9 cm³/mol. The standard InChI is InChI=1S/C14H8BrF6N5/c1-5(14(19,20)21)24-12-10(9-7(17)2-6(16)3-8(9)18)11(15)25-13-22-4-23-26(12)13/h2-5,24H,1H3/t5-/m0/s1. The molecule has 138 valence electrons. The van der Waals surface area contributed by atoms with E-state index in [0.29, 0.717) is 12.1 Å². The van der Waals surface area contributed by atoms with Crippen molar-refractivity contribution in [3.63, 3.8) is 0 Å². The Balaban J connectivity index is 2.32. The molecular weight excluding hydrogens is 432 g/mol. The summed E-state index contributed by atoms with van der Waals surface area (Å²) in [4.78, 5) is 7.65. The first-order chi connectivity index (χ1) is 12.1. The highest BCUT2D eigenvalue weighted by Crippen LogP contribution is 2.38. The topological polar surface area (TPSA) is 55.1 Å². The Morgan fingerprint density at radius 1 is 1.12 bits per heavy atom. The highest BCUT2D eigenvalue weighted by molar-refractivity contribution is 9.10. The zero-order valence-electron chi connectivity index (χ0n) is 12.7. The number of halogens is 7. The molecule has 3 aromatic rings. The minimum absolute atomic E-state index is 0.111. The molecule has 0 fully saturated rings. The summed E-state index contributed by atoms with van der Waals surface area (Å²) >= 11 is 2.98. The van der Waals surface area contributed by atoms with E-state index in [4.69, 9.17) is 0 Å². The predicted octanol–water partition coefficient (Wildman–Crippen LogP) is 4.33. The van der Waals surface area contributed by atoms with Crippen LogP contribution in [0.4, 0.5) is 32.2 Å². The Kier molecular flexibility index (Phi) is 4.54. The lowest BCUT2D eigenvalue weighted by Crippen LogP contribution is -2.34. The van der Waals surface area contributed by atoms with Crippen LogP contribution in [0, 0.1) is 17.5 Å². The number of hydrogen-bond acceptors (Lipinski definition) is 4. The molecule has 12 heteroatoms. The summed E-state index contributed by atoms with van der Waals surface area (Å²) in [7, 11) is 0. The number of aromatic nitrogens is 4. The third-order valence-electron chi connectivity index (χ3n) is 3.48. The summed E-state index contributed by atoms with van der Waals surface area (Å²) in [5, 5.41) is 5.86. The van der Waals surface area contributed by atoms with Crippen molar-refractivity contribution < 1.29 is 26.3 Å². The van der Waals surface area contributed by atoms with Crippen molar-refractivity contribution in [2.45, 2.75) is 19.1 Å². The number of anilines is 1. The number of nitrogens with zero attached hydrogens (tertiary/aromatic N) is 4. The fourth-order valence-corrected chi connectivity index (χ4v) is 2.78. The lowest BCUT2D eigenvalue weighted by Gasteiger charge is -2.21. The molecule has 0 saturated heterocycles. The molecule has 2 heterocycles. The van der Waals surface area contributed by atoms with E-state index in [1.807, 2.05) is 0 Å². The van der Waals surface area contributed by atoms with Crippen molar-refractivity contribution in [2.24, 2.45) is 0 Å². The average molecular weight is 440 g/mol. The average Bonchev–Trinajstić information content (AvgIpc) is 2.95. The first-order valence-electron chi connectivity index (χ1n) is 6.97. The Morgan fingerprint density at radius 2 is 1.73 bits per heavy atom. The first-order valence-corrected chi connectivity index (χ1v) is 7.76. The van der Waals surface area contributed by atoms with Gasteiger partial charge >= 0.3 is 6.18 Å². The van der Waals surface area contributed by atoms with Gasteiger partial charge in [-0.3, -0.25) is 0 Å². The van der Waals surface area contributed by atoms with E-state index >= 15 is 0 Å². The van der Waals surface area contributed by atoms with E-state index in [2.05, 4.69) is 36.3 Å². The van der Waals surface area contributed by atoms with Crippen molar-refractivity contribution in [1.29, 1.82) is 0 Å². The second-order valence-corrected chi connectivity index (χ2v) is 6.00. The molecule has 5 nitrogen and oxygen atoms in total. The van der Waals surface area contributed by atoms with Crippen molar-refractivity contribution in [2.75, 3.05) is 5.32 Å². The van der Waals surface area contributed by atoms with Crippen molar-refractivity contribution >= 4 is 27.5 Å². The monoisotopic (exact) mass is 439 g/mol. The van der Waals surface area contributed by atoms with Crippen LogP contribution >= 0.6 is 15.9 Å². The first kappa shape index (κ1) is 18.4. The van der Waals surface area contributed by atoms with Crippen LogP contribution in [0.2, 0.25) is 0 Å². The maximum absolute atomic E-state index is 14.2. The van der Waals surface area contributed by atoms with Gasteiger partial charge in [-0.1, -0.05) is 0 Å². The van der Waals surface area contributed by atoms with Gasteiger partial charge in [0.05, 0.1) is 11.1 Å². The molecule has 0 amide bonds. The van der Waals surface area contributed by atoms with Gasteiger partial charge in [0.2, 0.25) is 0 Å². The quantitative estimate of drug-likeness (QED) is 0.487. The summed E-state index contributed by atoms with van der Waals surface area (Å²) in [6.07, 6.45) is -3.64. The number of rotatable bonds is 3. The molecule has 0 radical (unpaired) electrons. The lowest BCUT2D eigenvalue weighted by molar-refractivity contribution is -0.138. The Bertz CT molecular complexity index is 963. The lowest BCUT2D eigenvalue weighted by atomic mass is 10.1. The SMILES string of the molecule is C[C@H](Nc1c(-c2c(F)cc(F)cc2F)c(Br)nc2ncnn12)C(F)(F)F.